The lowest BCUT2D eigenvalue weighted by atomic mass is 9.85. The SMILES string of the molecule is CC(CO)CNC1CCCC(C(F)(F)F)C1. The predicted octanol–water partition coefficient (Wildman–Crippen LogP) is 2.33. The Balaban J connectivity index is 2.33. The largest absolute Gasteiger partial charge is 0.396 e. The molecule has 1 aliphatic carbocycles. The zero-order valence-electron chi connectivity index (χ0n) is 9.56. The van der Waals surface area contributed by atoms with Crippen molar-refractivity contribution in [3.8, 4) is 0 Å². The maximum Gasteiger partial charge on any atom is 0.391 e. The standard InChI is InChI=1S/C11H20F3NO/c1-8(7-16)6-15-10-4-2-3-9(5-10)11(12,13)14/h8-10,15-16H,2-7H2,1H3. The number of alkyl halides is 3. The second-order valence-corrected chi connectivity index (χ2v) is 4.80. The molecule has 0 saturated heterocycles. The second kappa shape index (κ2) is 5.87. The van der Waals surface area contributed by atoms with E-state index in [1.807, 2.05) is 6.92 Å². The van der Waals surface area contributed by atoms with E-state index in [0.29, 0.717) is 13.0 Å². The highest BCUT2D eigenvalue weighted by molar-refractivity contribution is 4.82. The molecule has 0 bridgehead atoms. The van der Waals surface area contributed by atoms with Gasteiger partial charge in [0.25, 0.3) is 0 Å². The zero-order valence-corrected chi connectivity index (χ0v) is 9.56. The molecule has 16 heavy (non-hydrogen) atoms. The normalized spacial score (nSPS) is 29.1. The molecular formula is C11H20F3NO. The molecule has 1 aliphatic rings. The van der Waals surface area contributed by atoms with Gasteiger partial charge in [0.15, 0.2) is 0 Å². The van der Waals surface area contributed by atoms with E-state index in [4.69, 9.17) is 5.11 Å². The highest BCUT2D eigenvalue weighted by Gasteiger charge is 2.41. The van der Waals surface area contributed by atoms with E-state index in [2.05, 4.69) is 5.32 Å². The van der Waals surface area contributed by atoms with Crippen molar-refractivity contribution in [1.82, 2.24) is 5.32 Å². The number of hydrogen-bond donors (Lipinski definition) is 2. The molecule has 0 radical (unpaired) electrons. The lowest BCUT2D eigenvalue weighted by Crippen LogP contribution is -2.40. The molecule has 1 fully saturated rings. The van der Waals surface area contributed by atoms with Crippen LogP contribution < -0.4 is 5.32 Å². The highest BCUT2D eigenvalue weighted by atomic mass is 19.4. The summed E-state index contributed by atoms with van der Waals surface area (Å²) < 4.78 is 37.5. The Morgan fingerprint density at radius 1 is 1.38 bits per heavy atom. The maximum atomic E-state index is 12.5. The van der Waals surface area contributed by atoms with Crippen molar-refractivity contribution in [2.75, 3.05) is 13.2 Å². The van der Waals surface area contributed by atoms with Gasteiger partial charge in [0, 0.05) is 19.2 Å². The summed E-state index contributed by atoms with van der Waals surface area (Å²) in [6, 6.07) is -0.0469. The van der Waals surface area contributed by atoms with Crippen LogP contribution in [0.1, 0.15) is 32.6 Å². The van der Waals surface area contributed by atoms with E-state index in [0.717, 1.165) is 6.42 Å². The Bertz CT molecular complexity index is 208. The van der Waals surface area contributed by atoms with Gasteiger partial charge in [0.05, 0.1) is 5.92 Å². The van der Waals surface area contributed by atoms with Crippen molar-refractivity contribution in [3.05, 3.63) is 0 Å². The van der Waals surface area contributed by atoms with Crippen LogP contribution in [0, 0.1) is 11.8 Å². The summed E-state index contributed by atoms with van der Waals surface area (Å²) in [4.78, 5) is 0. The number of hydrogen-bond acceptors (Lipinski definition) is 2. The molecule has 0 heterocycles. The average Bonchev–Trinajstić information content (AvgIpc) is 2.25. The minimum absolute atomic E-state index is 0.0469. The number of aliphatic hydroxyl groups excluding tert-OH is 1. The third-order valence-corrected chi connectivity index (χ3v) is 3.20. The van der Waals surface area contributed by atoms with Crippen LogP contribution in [0.5, 0.6) is 0 Å². The van der Waals surface area contributed by atoms with E-state index in [1.54, 1.807) is 0 Å². The van der Waals surface area contributed by atoms with Crippen LogP contribution in [0.25, 0.3) is 0 Å². The predicted molar refractivity (Wildman–Crippen MR) is 56.1 cm³/mol. The summed E-state index contributed by atoms with van der Waals surface area (Å²) in [7, 11) is 0. The summed E-state index contributed by atoms with van der Waals surface area (Å²) in [6.45, 7) is 2.53. The van der Waals surface area contributed by atoms with Gasteiger partial charge in [-0.3, -0.25) is 0 Å². The molecule has 0 aromatic heterocycles. The van der Waals surface area contributed by atoms with Crippen LogP contribution in [0.3, 0.4) is 0 Å². The van der Waals surface area contributed by atoms with Gasteiger partial charge >= 0.3 is 6.18 Å². The highest BCUT2D eigenvalue weighted by Crippen LogP contribution is 2.37. The molecule has 1 rings (SSSR count). The van der Waals surface area contributed by atoms with E-state index < -0.39 is 12.1 Å². The summed E-state index contributed by atoms with van der Waals surface area (Å²) in [5, 5.41) is 11.9. The molecule has 0 aromatic carbocycles. The van der Waals surface area contributed by atoms with E-state index in [9.17, 15) is 13.2 Å². The van der Waals surface area contributed by atoms with Gasteiger partial charge in [0.1, 0.15) is 0 Å². The summed E-state index contributed by atoms with van der Waals surface area (Å²) in [5.74, 6) is -1.05. The molecule has 1 saturated carbocycles. The van der Waals surface area contributed by atoms with Crippen LogP contribution in [-0.4, -0.2) is 30.5 Å². The lowest BCUT2D eigenvalue weighted by molar-refractivity contribution is -0.183. The molecule has 0 aliphatic heterocycles. The molecule has 2 N–H and O–H groups in total. The van der Waals surface area contributed by atoms with Gasteiger partial charge in [-0.25, -0.2) is 0 Å². The monoisotopic (exact) mass is 239 g/mol. The third kappa shape index (κ3) is 4.29. The van der Waals surface area contributed by atoms with Crippen LogP contribution in [-0.2, 0) is 0 Å². The number of halogens is 3. The van der Waals surface area contributed by atoms with Crippen molar-refractivity contribution >= 4 is 0 Å². The van der Waals surface area contributed by atoms with Crippen molar-refractivity contribution < 1.29 is 18.3 Å². The Hall–Kier alpha value is -0.290. The maximum absolute atomic E-state index is 12.5. The van der Waals surface area contributed by atoms with Gasteiger partial charge in [-0.15, -0.1) is 0 Å². The molecule has 3 unspecified atom stereocenters. The molecule has 5 heteroatoms. The first kappa shape index (κ1) is 13.8. The van der Waals surface area contributed by atoms with Gasteiger partial charge in [0.2, 0.25) is 0 Å². The summed E-state index contributed by atoms with van der Waals surface area (Å²) >= 11 is 0. The Morgan fingerprint density at radius 3 is 2.62 bits per heavy atom. The van der Waals surface area contributed by atoms with Crippen LogP contribution in [0.15, 0.2) is 0 Å². The smallest absolute Gasteiger partial charge is 0.391 e. The molecule has 2 nitrogen and oxygen atoms in total. The Kier molecular flexibility index (Phi) is 5.05. The van der Waals surface area contributed by atoms with Gasteiger partial charge in [-0.2, -0.15) is 13.2 Å². The van der Waals surface area contributed by atoms with Crippen molar-refractivity contribution in [3.63, 3.8) is 0 Å². The average molecular weight is 239 g/mol. The third-order valence-electron chi connectivity index (χ3n) is 3.20. The summed E-state index contributed by atoms with van der Waals surface area (Å²) in [5.41, 5.74) is 0. The van der Waals surface area contributed by atoms with Gasteiger partial charge in [-0.05, 0) is 25.2 Å². The fraction of sp³-hybridized carbons (Fsp3) is 1.00. The van der Waals surface area contributed by atoms with E-state index in [-0.39, 0.29) is 31.4 Å². The first-order valence-electron chi connectivity index (χ1n) is 5.84. The fourth-order valence-corrected chi connectivity index (χ4v) is 2.10. The zero-order chi connectivity index (χ0) is 12.2. The minimum Gasteiger partial charge on any atom is -0.396 e. The second-order valence-electron chi connectivity index (χ2n) is 4.80. The van der Waals surface area contributed by atoms with Crippen LogP contribution in [0.4, 0.5) is 13.2 Å². The lowest BCUT2D eigenvalue weighted by Gasteiger charge is -2.31. The topological polar surface area (TPSA) is 32.3 Å². The van der Waals surface area contributed by atoms with Gasteiger partial charge < -0.3 is 10.4 Å². The molecular weight excluding hydrogens is 219 g/mol. The molecule has 0 spiro atoms. The number of aliphatic hydroxyl groups is 1. The van der Waals surface area contributed by atoms with Crippen molar-refractivity contribution in [2.24, 2.45) is 11.8 Å². The number of rotatable bonds is 4. The summed E-state index contributed by atoms with van der Waals surface area (Å²) in [6.07, 6.45) is -2.16. The van der Waals surface area contributed by atoms with Crippen LogP contribution >= 0.6 is 0 Å². The molecule has 0 aromatic rings. The quantitative estimate of drug-likeness (QED) is 0.789. The molecule has 3 atom stereocenters. The Morgan fingerprint density at radius 2 is 2.06 bits per heavy atom. The van der Waals surface area contributed by atoms with Crippen molar-refractivity contribution in [2.45, 2.75) is 44.8 Å². The van der Waals surface area contributed by atoms with E-state index >= 15 is 0 Å². The van der Waals surface area contributed by atoms with Crippen molar-refractivity contribution in [1.29, 1.82) is 0 Å². The first-order chi connectivity index (χ1) is 7.43. The fourth-order valence-electron chi connectivity index (χ4n) is 2.10. The Labute approximate surface area is 94.2 Å². The first-order valence-corrected chi connectivity index (χ1v) is 5.84. The molecule has 0 amide bonds. The number of nitrogens with one attached hydrogen (secondary N) is 1. The van der Waals surface area contributed by atoms with Gasteiger partial charge in [-0.1, -0.05) is 13.3 Å². The van der Waals surface area contributed by atoms with E-state index in [1.165, 1.54) is 0 Å². The minimum atomic E-state index is -4.05. The molecule has 96 valence electrons. The van der Waals surface area contributed by atoms with Crippen LogP contribution in [0.2, 0.25) is 0 Å².